The highest BCUT2D eigenvalue weighted by Gasteiger charge is 2.47. The molecule has 2 aliphatic heterocycles. The largest absolute Gasteiger partial charge is 0.501 e. The molecule has 0 bridgehead atoms. The van der Waals surface area contributed by atoms with Crippen molar-refractivity contribution < 1.29 is 28.4 Å². The average Bonchev–Trinajstić information content (AvgIpc) is 2.59. The average molecular weight is 356 g/mol. The van der Waals surface area contributed by atoms with Crippen LogP contribution in [0.4, 0.5) is 0 Å². The first kappa shape index (κ1) is 20.2. The second-order valence-corrected chi connectivity index (χ2v) is 8.34. The summed E-state index contributed by atoms with van der Waals surface area (Å²) in [6.45, 7) is 18.4. The monoisotopic (exact) mass is 356 g/mol. The van der Waals surface area contributed by atoms with Crippen molar-refractivity contribution in [3.63, 3.8) is 0 Å². The molecule has 2 saturated heterocycles. The smallest absolute Gasteiger partial charge is 0.165 e. The molecule has 0 unspecified atom stereocenters. The van der Waals surface area contributed by atoms with E-state index < -0.39 is 0 Å². The van der Waals surface area contributed by atoms with Gasteiger partial charge in [0, 0.05) is 10.8 Å². The third-order valence-corrected chi connectivity index (χ3v) is 4.59. The molecule has 25 heavy (non-hydrogen) atoms. The van der Waals surface area contributed by atoms with Crippen molar-refractivity contribution >= 4 is 0 Å². The van der Waals surface area contributed by atoms with Crippen molar-refractivity contribution in [3.05, 3.63) is 25.7 Å². The molecule has 6 heteroatoms. The second-order valence-electron chi connectivity index (χ2n) is 8.34. The number of hydrogen-bond acceptors (Lipinski definition) is 6. The van der Waals surface area contributed by atoms with Gasteiger partial charge in [0.25, 0.3) is 0 Å². The molecule has 2 heterocycles. The van der Waals surface area contributed by atoms with Crippen molar-refractivity contribution in [2.24, 2.45) is 16.2 Å². The van der Waals surface area contributed by atoms with Gasteiger partial charge < -0.3 is 28.4 Å². The van der Waals surface area contributed by atoms with Crippen molar-refractivity contribution in [2.75, 3.05) is 39.6 Å². The zero-order valence-electron chi connectivity index (χ0n) is 15.9. The first-order valence-corrected chi connectivity index (χ1v) is 8.66. The molecule has 0 aromatic heterocycles. The molecule has 0 amide bonds. The summed E-state index contributed by atoms with van der Waals surface area (Å²) < 4.78 is 34.6. The third kappa shape index (κ3) is 4.97. The van der Waals surface area contributed by atoms with Gasteiger partial charge in [-0.15, -0.1) is 0 Å². The quantitative estimate of drug-likeness (QED) is 0.623. The second kappa shape index (κ2) is 8.08. The van der Waals surface area contributed by atoms with Crippen LogP contribution in [0.15, 0.2) is 25.7 Å². The van der Waals surface area contributed by atoms with Crippen molar-refractivity contribution in [1.29, 1.82) is 0 Å². The van der Waals surface area contributed by atoms with Gasteiger partial charge in [-0.3, -0.25) is 0 Å². The molecule has 0 N–H and O–H groups in total. The molecule has 0 atom stereocenters. The summed E-state index contributed by atoms with van der Waals surface area (Å²) in [4.78, 5) is 0. The Labute approximate surface area is 151 Å². The Hall–Kier alpha value is -1.08. The van der Waals surface area contributed by atoms with Crippen LogP contribution < -0.4 is 0 Å². The molecule has 0 radical (unpaired) electrons. The van der Waals surface area contributed by atoms with E-state index in [-0.39, 0.29) is 28.8 Å². The minimum atomic E-state index is -0.326. The minimum Gasteiger partial charge on any atom is -0.501 e. The predicted octanol–water partition coefficient (Wildman–Crippen LogP) is 3.09. The summed E-state index contributed by atoms with van der Waals surface area (Å²) in [7, 11) is 0. The maximum atomic E-state index is 5.98. The molecule has 0 aromatic carbocycles. The molecular formula is C19H32O6. The lowest BCUT2D eigenvalue weighted by molar-refractivity contribution is -0.337. The maximum Gasteiger partial charge on any atom is 0.165 e. The fourth-order valence-corrected chi connectivity index (χ4v) is 2.94. The number of rotatable bonds is 8. The van der Waals surface area contributed by atoms with E-state index in [2.05, 4.69) is 13.2 Å². The highest BCUT2D eigenvalue weighted by Crippen LogP contribution is 2.38. The van der Waals surface area contributed by atoms with Crippen LogP contribution in [0, 0.1) is 16.2 Å². The molecule has 0 saturated carbocycles. The van der Waals surface area contributed by atoms with Gasteiger partial charge in [-0.05, 0) is 0 Å². The SMILES string of the molecule is C=COCC(C)(C)C1OCC2(CO1)COC(C(C)(C)COC=C)OC2. The van der Waals surface area contributed by atoms with E-state index >= 15 is 0 Å². The molecule has 2 aliphatic rings. The van der Waals surface area contributed by atoms with Crippen LogP contribution in [0.3, 0.4) is 0 Å². The Morgan fingerprint density at radius 1 is 0.800 bits per heavy atom. The van der Waals surface area contributed by atoms with Crippen LogP contribution >= 0.6 is 0 Å². The first-order valence-electron chi connectivity index (χ1n) is 8.66. The topological polar surface area (TPSA) is 55.4 Å². The Kier molecular flexibility index (Phi) is 6.54. The highest BCUT2D eigenvalue weighted by atomic mass is 16.7. The lowest BCUT2D eigenvalue weighted by Gasteiger charge is -2.48. The molecule has 6 nitrogen and oxygen atoms in total. The van der Waals surface area contributed by atoms with Gasteiger partial charge in [0.15, 0.2) is 12.6 Å². The summed E-state index contributed by atoms with van der Waals surface area (Å²) in [5.74, 6) is 0. The van der Waals surface area contributed by atoms with Gasteiger partial charge in [0.2, 0.25) is 0 Å². The highest BCUT2D eigenvalue weighted by molar-refractivity contribution is 4.89. The lowest BCUT2D eigenvalue weighted by Crippen LogP contribution is -2.57. The van der Waals surface area contributed by atoms with E-state index in [1.807, 2.05) is 27.7 Å². The van der Waals surface area contributed by atoms with Crippen molar-refractivity contribution in [3.8, 4) is 0 Å². The van der Waals surface area contributed by atoms with Crippen LogP contribution in [0.2, 0.25) is 0 Å². The fraction of sp³-hybridized carbons (Fsp3) is 0.789. The van der Waals surface area contributed by atoms with Crippen LogP contribution in [-0.4, -0.2) is 52.2 Å². The Bertz CT molecular complexity index is 397. The minimum absolute atomic E-state index is 0.265. The third-order valence-electron chi connectivity index (χ3n) is 4.59. The van der Waals surface area contributed by atoms with Crippen LogP contribution in [0.5, 0.6) is 0 Å². The van der Waals surface area contributed by atoms with Gasteiger partial charge >= 0.3 is 0 Å². The van der Waals surface area contributed by atoms with Crippen molar-refractivity contribution in [1.82, 2.24) is 0 Å². The van der Waals surface area contributed by atoms with E-state index in [0.717, 1.165) is 0 Å². The molecule has 144 valence electrons. The lowest BCUT2D eigenvalue weighted by atomic mass is 9.86. The van der Waals surface area contributed by atoms with Gasteiger partial charge in [-0.1, -0.05) is 40.9 Å². The summed E-state index contributed by atoms with van der Waals surface area (Å²) >= 11 is 0. The normalized spacial score (nSPS) is 30.7. The van der Waals surface area contributed by atoms with Crippen molar-refractivity contribution in [2.45, 2.75) is 40.3 Å². The zero-order valence-corrected chi connectivity index (χ0v) is 15.9. The van der Waals surface area contributed by atoms with E-state index in [0.29, 0.717) is 39.6 Å². The summed E-state index contributed by atoms with van der Waals surface area (Å²) in [5.41, 5.74) is -0.796. The molecule has 1 spiro atoms. The van der Waals surface area contributed by atoms with Gasteiger partial charge in [0.1, 0.15) is 0 Å². The molecule has 0 aromatic rings. The fourth-order valence-electron chi connectivity index (χ4n) is 2.94. The molecular weight excluding hydrogens is 324 g/mol. The summed E-state index contributed by atoms with van der Waals surface area (Å²) in [5, 5.41) is 0. The molecule has 0 aliphatic carbocycles. The molecule has 2 fully saturated rings. The predicted molar refractivity (Wildman–Crippen MR) is 93.7 cm³/mol. The molecule has 2 rings (SSSR count). The number of ether oxygens (including phenoxy) is 6. The summed E-state index contributed by atoms with van der Waals surface area (Å²) in [6.07, 6.45) is 2.22. The summed E-state index contributed by atoms with van der Waals surface area (Å²) in [6, 6.07) is 0. The Morgan fingerprint density at radius 3 is 1.40 bits per heavy atom. The van der Waals surface area contributed by atoms with Crippen LogP contribution in [-0.2, 0) is 28.4 Å². The zero-order chi connectivity index (χ0) is 18.6. The van der Waals surface area contributed by atoms with E-state index in [9.17, 15) is 0 Å². The van der Waals surface area contributed by atoms with E-state index in [4.69, 9.17) is 28.4 Å². The van der Waals surface area contributed by atoms with Gasteiger partial charge in [-0.25, -0.2) is 0 Å². The van der Waals surface area contributed by atoms with E-state index in [1.54, 1.807) is 0 Å². The standard InChI is InChI=1S/C19H32O6/c1-7-20-9-17(3,4)15-22-11-19(12-23-15)13-24-16(25-14-19)18(5,6)10-21-8-2/h7-8,15-16H,1-2,9-14H2,3-6H3. The van der Waals surface area contributed by atoms with Crippen LogP contribution in [0.25, 0.3) is 0 Å². The van der Waals surface area contributed by atoms with E-state index in [1.165, 1.54) is 12.5 Å². The van der Waals surface area contributed by atoms with Gasteiger partial charge in [-0.2, -0.15) is 0 Å². The van der Waals surface area contributed by atoms with Crippen LogP contribution in [0.1, 0.15) is 27.7 Å². The first-order chi connectivity index (χ1) is 11.7. The Morgan fingerprint density at radius 2 is 1.12 bits per heavy atom. The van der Waals surface area contributed by atoms with Gasteiger partial charge in [0.05, 0.1) is 57.6 Å². The Balaban J connectivity index is 1.85. The number of hydrogen-bond donors (Lipinski definition) is 0. The maximum absolute atomic E-state index is 5.98.